The summed E-state index contributed by atoms with van der Waals surface area (Å²) in [7, 11) is 5.27. The molecule has 4 aliphatic heterocycles. The maximum absolute atomic E-state index is 12.1. The topological polar surface area (TPSA) is 259 Å². The normalized spacial score (nSPS) is 15.5. The van der Waals surface area contributed by atoms with E-state index in [1.54, 1.807) is 62.3 Å². The number of methoxy groups -OCH3 is 4. The van der Waals surface area contributed by atoms with Gasteiger partial charge in [0.2, 0.25) is 0 Å². The lowest BCUT2D eigenvalue weighted by atomic mass is 9.93. The van der Waals surface area contributed by atoms with Crippen molar-refractivity contribution in [2.24, 2.45) is 11.8 Å². The third-order valence-electron chi connectivity index (χ3n) is 11.1. The van der Waals surface area contributed by atoms with Crippen LogP contribution < -0.4 is 21.3 Å². The van der Waals surface area contributed by atoms with E-state index in [0.29, 0.717) is 82.4 Å². The van der Waals surface area contributed by atoms with Gasteiger partial charge in [-0.25, -0.2) is 38.4 Å². The van der Waals surface area contributed by atoms with Gasteiger partial charge in [0.15, 0.2) is 0 Å². The predicted molar refractivity (Wildman–Crippen MR) is 266 cm³/mol. The zero-order chi connectivity index (χ0) is 55.2. The van der Waals surface area contributed by atoms with Crippen LogP contribution in [0.15, 0.2) is 90.2 Å². The van der Waals surface area contributed by atoms with Gasteiger partial charge in [-0.3, -0.25) is 0 Å². The van der Waals surface area contributed by atoms with Crippen molar-refractivity contribution in [1.29, 1.82) is 0 Å². The Morgan fingerprint density at radius 2 is 0.514 bits per heavy atom. The average Bonchev–Trinajstić information content (AvgIpc) is 3.33. The van der Waals surface area contributed by atoms with Crippen molar-refractivity contribution in [3.8, 4) is 0 Å². The molecule has 0 saturated heterocycles. The minimum atomic E-state index is -0.432. The standard InChI is InChI=1S/C15H23NO4.2C13H19NO4.C11H15NO4/c1-6-19-14(17)11-8-12(15(18)20-7-2)13(9(3)4)16-10(11)5;1-7(2)11-10(13(16)18-5)6-9(8(3)14-11)12(15)17-4;1-5-17-12(15)10-7-11(13(16)18-6-2)9(4)14-8(10)3;1-6-8(10(13)15-3)5-9(7(2)12-6)11(14)16-4/h9,16H,6-8H2,1-5H3;7,14H,6H2,1-5H3;14H,5-7H2,1-4H3;12H,5H2,1-4H3. The number of ether oxygens (including phenoxy) is 8. The molecule has 0 atom stereocenters. The molecule has 0 aromatic carbocycles. The summed E-state index contributed by atoms with van der Waals surface area (Å²) < 4.78 is 38.8. The Balaban J connectivity index is 0.000000481. The molecule has 4 N–H and O–H groups in total. The molecule has 4 rings (SSSR count). The number of hydrogen-bond acceptors (Lipinski definition) is 20. The molecule has 20 heteroatoms. The molecule has 0 spiro atoms. The molecule has 0 saturated carbocycles. The molecule has 0 aliphatic carbocycles. The fourth-order valence-corrected chi connectivity index (χ4v) is 7.33. The molecule has 0 aromatic heterocycles. The van der Waals surface area contributed by atoms with Crippen LogP contribution in [0.3, 0.4) is 0 Å². The zero-order valence-electron chi connectivity index (χ0n) is 45.3. The van der Waals surface area contributed by atoms with Crippen molar-refractivity contribution in [3.05, 3.63) is 90.2 Å². The molecule has 0 bridgehead atoms. The van der Waals surface area contributed by atoms with Gasteiger partial charge >= 0.3 is 47.8 Å². The minimum absolute atomic E-state index is 0.146. The van der Waals surface area contributed by atoms with Crippen LogP contribution in [-0.4, -0.2) is 103 Å². The number of rotatable bonds is 14. The Morgan fingerprint density at radius 1 is 0.333 bits per heavy atom. The van der Waals surface area contributed by atoms with Crippen LogP contribution in [0.1, 0.15) is 123 Å². The van der Waals surface area contributed by atoms with E-state index in [4.69, 9.17) is 28.4 Å². The lowest BCUT2D eigenvalue weighted by Crippen LogP contribution is -2.30. The van der Waals surface area contributed by atoms with Gasteiger partial charge in [0.25, 0.3) is 0 Å². The maximum Gasteiger partial charge on any atom is 0.336 e. The fourth-order valence-electron chi connectivity index (χ4n) is 7.33. The van der Waals surface area contributed by atoms with E-state index >= 15 is 0 Å². The molecular weight excluding hydrogens is 937 g/mol. The largest absolute Gasteiger partial charge is 0.466 e. The molecule has 4 heterocycles. The predicted octanol–water partition coefficient (Wildman–Crippen LogP) is 6.33. The van der Waals surface area contributed by atoms with Gasteiger partial charge in [-0.15, -0.1) is 0 Å². The van der Waals surface area contributed by atoms with Crippen molar-refractivity contribution in [2.75, 3.05) is 54.9 Å². The number of carbonyl (C=O) groups excluding carboxylic acids is 8. The van der Waals surface area contributed by atoms with E-state index in [1.807, 2.05) is 34.6 Å². The van der Waals surface area contributed by atoms with Gasteiger partial charge in [-0.1, -0.05) is 27.7 Å². The second-order valence-corrected chi connectivity index (χ2v) is 16.8. The summed E-state index contributed by atoms with van der Waals surface area (Å²) >= 11 is 0. The van der Waals surface area contributed by atoms with E-state index in [2.05, 4.69) is 30.7 Å². The minimum Gasteiger partial charge on any atom is -0.466 e. The zero-order valence-corrected chi connectivity index (χ0v) is 45.3. The summed E-state index contributed by atoms with van der Waals surface area (Å²) in [4.78, 5) is 93.7. The van der Waals surface area contributed by atoms with Crippen LogP contribution in [0.4, 0.5) is 0 Å². The Morgan fingerprint density at radius 3 is 0.736 bits per heavy atom. The summed E-state index contributed by atoms with van der Waals surface area (Å²) in [5.41, 5.74) is 9.72. The summed E-state index contributed by atoms with van der Waals surface area (Å²) in [6.07, 6.45) is 0.988. The van der Waals surface area contributed by atoms with E-state index in [9.17, 15) is 38.4 Å². The van der Waals surface area contributed by atoms with Crippen LogP contribution >= 0.6 is 0 Å². The summed E-state index contributed by atoms with van der Waals surface area (Å²) in [6.45, 7) is 26.9. The SMILES string of the molecule is CCOC(=O)C1=C(C)NC(C(C)C)=C(C(=O)OCC)C1.CCOC(=O)C1=C(C)NC(C)=C(C(=O)OCC)C1.COC(=O)C1=C(C)NC(C(C)C)=C(C(=O)OC)C1.COC(=O)C1=C(C)NC(C)=C(C(=O)OC)C1. The number of dihydropyridines is 4. The van der Waals surface area contributed by atoms with Gasteiger partial charge in [0, 0.05) is 71.3 Å². The van der Waals surface area contributed by atoms with E-state index < -0.39 is 35.8 Å². The van der Waals surface area contributed by atoms with Gasteiger partial charge < -0.3 is 59.2 Å². The molecule has 72 heavy (non-hydrogen) atoms. The Hall–Kier alpha value is -7.12. The molecule has 0 unspecified atom stereocenters. The Bertz CT molecular complexity index is 2280. The van der Waals surface area contributed by atoms with E-state index in [-0.39, 0.29) is 49.5 Å². The molecule has 4 aliphatic rings. The third kappa shape index (κ3) is 17.6. The quantitative estimate of drug-likeness (QED) is 0.109. The third-order valence-corrected chi connectivity index (χ3v) is 11.1. The lowest BCUT2D eigenvalue weighted by Gasteiger charge is -2.26. The highest BCUT2D eigenvalue weighted by molar-refractivity contribution is 5.99. The number of carbonyl (C=O) groups is 8. The Labute approximate surface area is 423 Å². The average molecular weight is 1010 g/mol. The summed E-state index contributed by atoms with van der Waals surface area (Å²) in [5.74, 6) is -2.96. The molecule has 0 fully saturated rings. The lowest BCUT2D eigenvalue weighted by molar-refractivity contribution is -0.141. The molecule has 20 nitrogen and oxygen atoms in total. The number of nitrogens with one attached hydrogen (secondary N) is 4. The highest BCUT2D eigenvalue weighted by Gasteiger charge is 2.31. The van der Waals surface area contributed by atoms with Gasteiger partial charge in [0.05, 0.1) is 99.5 Å². The maximum atomic E-state index is 12.1. The fraction of sp³-hybridized carbons (Fsp3) is 0.538. The number of esters is 8. The van der Waals surface area contributed by atoms with Crippen molar-refractivity contribution in [2.45, 2.75) is 123 Å². The van der Waals surface area contributed by atoms with Crippen molar-refractivity contribution < 1.29 is 76.3 Å². The first-order valence-electron chi connectivity index (χ1n) is 23.6. The van der Waals surface area contributed by atoms with Crippen molar-refractivity contribution in [3.63, 3.8) is 0 Å². The van der Waals surface area contributed by atoms with Gasteiger partial charge in [-0.05, 0) is 81.1 Å². The first kappa shape index (κ1) is 62.9. The summed E-state index contributed by atoms with van der Waals surface area (Å²) in [5, 5.41) is 12.2. The van der Waals surface area contributed by atoms with Crippen molar-refractivity contribution >= 4 is 47.8 Å². The highest BCUT2D eigenvalue weighted by Crippen LogP contribution is 2.30. The molecule has 400 valence electrons. The Kier molecular flexibility index (Phi) is 26.7. The van der Waals surface area contributed by atoms with Crippen LogP contribution in [0.25, 0.3) is 0 Å². The first-order chi connectivity index (χ1) is 33.8. The summed E-state index contributed by atoms with van der Waals surface area (Å²) in [6, 6.07) is 0. The van der Waals surface area contributed by atoms with Crippen LogP contribution in [0.2, 0.25) is 0 Å². The smallest absolute Gasteiger partial charge is 0.336 e. The molecule has 0 aromatic rings. The monoisotopic (exact) mass is 1010 g/mol. The van der Waals surface area contributed by atoms with Crippen LogP contribution in [0.5, 0.6) is 0 Å². The van der Waals surface area contributed by atoms with Crippen LogP contribution in [0, 0.1) is 11.8 Å². The second-order valence-electron chi connectivity index (χ2n) is 16.8. The highest BCUT2D eigenvalue weighted by atomic mass is 16.6. The second kappa shape index (κ2) is 30.6. The first-order valence-corrected chi connectivity index (χ1v) is 23.6. The molecule has 0 amide bonds. The molecular formula is C52H76N4O16. The van der Waals surface area contributed by atoms with E-state index in [0.717, 1.165) is 34.2 Å². The number of hydrogen-bond donors (Lipinski definition) is 4. The van der Waals surface area contributed by atoms with E-state index in [1.165, 1.54) is 28.4 Å². The van der Waals surface area contributed by atoms with Crippen molar-refractivity contribution in [1.82, 2.24) is 21.3 Å². The van der Waals surface area contributed by atoms with Gasteiger partial charge in [0.1, 0.15) is 0 Å². The van der Waals surface area contributed by atoms with Crippen LogP contribution in [-0.2, 0) is 76.3 Å². The number of allylic oxidation sites excluding steroid dienone is 8. The molecule has 0 radical (unpaired) electrons. The van der Waals surface area contributed by atoms with Gasteiger partial charge in [-0.2, -0.15) is 0 Å².